The smallest absolute Gasteiger partial charge is 0.107 e. The van der Waals surface area contributed by atoms with E-state index in [1.807, 2.05) is 6.92 Å². The molecule has 3 heteroatoms. The number of methoxy groups -OCH3 is 1. The molecule has 0 aromatic rings. The van der Waals surface area contributed by atoms with Crippen molar-refractivity contribution >= 4 is 0 Å². The monoisotopic (exact) mass is 175 g/mol. The largest absolute Gasteiger partial charge is 0.395 e. The summed E-state index contributed by atoms with van der Waals surface area (Å²) in [7, 11) is 1.68. The van der Waals surface area contributed by atoms with E-state index >= 15 is 0 Å². The van der Waals surface area contributed by atoms with Gasteiger partial charge in [0.15, 0.2) is 0 Å². The van der Waals surface area contributed by atoms with Gasteiger partial charge in [-0.05, 0) is 27.7 Å². The van der Waals surface area contributed by atoms with Gasteiger partial charge < -0.3 is 9.84 Å². The van der Waals surface area contributed by atoms with E-state index in [1.165, 1.54) is 0 Å². The van der Waals surface area contributed by atoms with Crippen molar-refractivity contribution in [2.75, 3.05) is 20.3 Å². The molecule has 0 saturated carbocycles. The summed E-state index contributed by atoms with van der Waals surface area (Å²) in [5, 5.41) is 8.85. The molecule has 0 aliphatic rings. The van der Waals surface area contributed by atoms with Gasteiger partial charge in [-0.2, -0.15) is 0 Å². The number of nitrogens with zero attached hydrogens (tertiary/aromatic N) is 1. The summed E-state index contributed by atoms with van der Waals surface area (Å²) >= 11 is 0. The van der Waals surface area contributed by atoms with Gasteiger partial charge in [0.05, 0.1) is 6.61 Å². The van der Waals surface area contributed by atoms with Crippen molar-refractivity contribution in [3.05, 3.63) is 0 Å². The van der Waals surface area contributed by atoms with Crippen molar-refractivity contribution in [2.45, 2.75) is 39.5 Å². The predicted octanol–water partition coefficient (Wildman–Crippen LogP) is 1.07. The van der Waals surface area contributed by atoms with Crippen LogP contribution in [0.5, 0.6) is 0 Å². The van der Waals surface area contributed by atoms with Crippen molar-refractivity contribution in [2.24, 2.45) is 0 Å². The first-order valence-corrected chi connectivity index (χ1v) is 4.34. The van der Waals surface area contributed by atoms with Gasteiger partial charge in [0, 0.05) is 19.2 Å². The van der Waals surface area contributed by atoms with Crippen molar-refractivity contribution in [3.63, 3.8) is 0 Å². The average molecular weight is 175 g/mol. The molecule has 0 saturated heterocycles. The third kappa shape index (κ3) is 3.52. The van der Waals surface area contributed by atoms with Crippen LogP contribution in [0.4, 0.5) is 0 Å². The van der Waals surface area contributed by atoms with Crippen molar-refractivity contribution < 1.29 is 9.84 Å². The summed E-state index contributed by atoms with van der Waals surface area (Å²) in [6.07, 6.45) is 0.0529. The standard InChI is InChI=1S/C9H21NO2/c1-8(12-5)10(6-7-11)9(2,3)4/h8,11H,6-7H2,1-5H3. The molecule has 1 atom stereocenters. The molecule has 0 bridgehead atoms. The van der Waals surface area contributed by atoms with Gasteiger partial charge >= 0.3 is 0 Å². The lowest BCUT2D eigenvalue weighted by molar-refractivity contribution is -0.0711. The fourth-order valence-electron chi connectivity index (χ4n) is 1.30. The minimum absolute atomic E-state index is 0.0398. The van der Waals surface area contributed by atoms with Gasteiger partial charge in [-0.3, -0.25) is 4.90 Å². The molecule has 0 rings (SSSR count). The van der Waals surface area contributed by atoms with Crippen LogP contribution in [-0.4, -0.2) is 42.0 Å². The highest BCUT2D eigenvalue weighted by atomic mass is 16.5. The topological polar surface area (TPSA) is 32.7 Å². The zero-order valence-electron chi connectivity index (χ0n) is 8.79. The molecule has 0 aromatic carbocycles. The first kappa shape index (κ1) is 11.9. The van der Waals surface area contributed by atoms with E-state index in [0.717, 1.165) is 0 Å². The third-order valence-corrected chi connectivity index (χ3v) is 1.98. The Labute approximate surface area is 75.3 Å². The number of aliphatic hydroxyl groups is 1. The van der Waals surface area contributed by atoms with E-state index in [4.69, 9.17) is 9.84 Å². The van der Waals surface area contributed by atoms with E-state index < -0.39 is 0 Å². The SMILES string of the molecule is COC(C)N(CCO)C(C)(C)C. The van der Waals surface area contributed by atoms with Crippen LogP contribution >= 0.6 is 0 Å². The lowest BCUT2D eigenvalue weighted by Gasteiger charge is -2.38. The van der Waals surface area contributed by atoms with Gasteiger partial charge in [0.25, 0.3) is 0 Å². The predicted molar refractivity (Wildman–Crippen MR) is 50.0 cm³/mol. The molecule has 0 aliphatic carbocycles. The van der Waals surface area contributed by atoms with Gasteiger partial charge in [-0.15, -0.1) is 0 Å². The molecule has 12 heavy (non-hydrogen) atoms. The van der Waals surface area contributed by atoms with Gasteiger partial charge in [0.2, 0.25) is 0 Å². The zero-order chi connectivity index (χ0) is 9.78. The lowest BCUT2D eigenvalue weighted by Crippen LogP contribution is -2.49. The summed E-state index contributed by atoms with van der Waals surface area (Å²) in [5.41, 5.74) is 0.0398. The van der Waals surface area contributed by atoms with Crippen LogP contribution in [0.1, 0.15) is 27.7 Å². The Bertz CT molecular complexity index is 120. The summed E-state index contributed by atoms with van der Waals surface area (Å²) in [6.45, 7) is 9.14. The van der Waals surface area contributed by atoms with E-state index in [1.54, 1.807) is 7.11 Å². The molecule has 1 N–H and O–H groups in total. The van der Waals surface area contributed by atoms with Gasteiger partial charge in [0.1, 0.15) is 6.23 Å². The molecular weight excluding hydrogens is 154 g/mol. The average Bonchev–Trinajstić information content (AvgIpc) is 1.96. The Morgan fingerprint density at radius 3 is 2.17 bits per heavy atom. The maximum Gasteiger partial charge on any atom is 0.107 e. The molecule has 0 fully saturated rings. The second kappa shape index (κ2) is 4.80. The third-order valence-electron chi connectivity index (χ3n) is 1.98. The Morgan fingerprint density at radius 2 is 1.92 bits per heavy atom. The molecule has 0 aromatic heterocycles. The van der Waals surface area contributed by atoms with Crippen LogP contribution in [0.15, 0.2) is 0 Å². The second-order valence-electron chi connectivity index (χ2n) is 3.92. The maximum atomic E-state index is 8.85. The van der Waals surface area contributed by atoms with Crippen molar-refractivity contribution in [3.8, 4) is 0 Å². The first-order chi connectivity index (χ1) is 5.43. The highest BCUT2D eigenvalue weighted by molar-refractivity contribution is 4.76. The summed E-state index contributed by atoms with van der Waals surface area (Å²) < 4.78 is 5.21. The van der Waals surface area contributed by atoms with Crippen LogP contribution in [0.2, 0.25) is 0 Å². The molecule has 3 nitrogen and oxygen atoms in total. The zero-order valence-corrected chi connectivity index (χ0v) is 8.79. The van der Waals surface area contributed by atoms with E-state index in [9.17, 15) is 0 Å². The summed E-state index contributed by atoms with van der Waals surface area (Å²) in [4.78, 5) is 2.12. The van der Waals surface area contributed by atoms with Gasteiger partial charge in [-0.1, -0.05) is 0 Å². The van der Waals surface area contributed by atoms with Crippen LogP contribution in [-0.2, 0) is 4.74 Å². The van der Waals surface area contributed by atoms with Crippen LogP contribution in [0.3, 0.4) is 0 Å². The molecule has 74 valence electrons. The van der Waals surface area contributed by atoms with Crippen LogP contribution < -0.4 is 0 Å². The van der Waals surface area contributed by atoms with E-state index in [2.05, 4.69) is 25.7 Å². The molecule has 0 radical (unpaired) electrons. The molecule has 0 amide bonds. The van der Waals surface area contributed by atoms with Gasteiger partial charge in [-0.25, -0.2) is 0 Å². The minimum atomic E-state index is 0.0398. The Morgan fingerprint density at radius 1 is 1.42 bits per heavy atom. The molecule has 0 heterocycles. The number of β-amino-alcohol motifs (C(OH)–C–C–N with tert-alkyl or cyclic N) is 1. The van der Waals surface area contributed by atoms with Crippen molar-refractivity contribution in [1.82, 2.24) is 4.90 Å². The summed E-state index contributed by atoms with van der Waals surface area (Å²) in [6, 6.07) is 0. The first-order valence-electron chi connectivity index (χ1n) is 4.34. The summed E-state index contributed by atoms with van der Waals surface area (Å²) in [5.74, 6) is 0. The molecule has 1 unspecified atom stereocenters. The maximum absolute atomic E-state index is 8.85. The number of rotatable bonds is 4. The molecular formula is C9H21NO2. The number of hydrogen-bond donors (Lipinski definition) is 1. The Hall–Kier alpha value is -0.120. The Kier molecular flexibility index (Phi) is 4.75. The van der Waals surface area contributed by atoms with Crippen LogP contribution in [0, 0.1) is 0 Å². The highest BCUT2D eigenvalue weighted by Crippen LogP contribution is 2.16. The van der Waals surface area contributed by atoms with Crippen LogP contribution in [0.25, 0.3) is 0 Å². The number of aliphatic hydroxyl groups excluding tert-OH is 1. The molecule has 0 aliphatic heterocycles. The Balaban J connectivity index is 4.22. The number of hydrogen-bond acceptors (Lipinski definition) is 3. The lowest BCUT2D eigenvalue weighted by atomic mass is 10.1. The second-order valence-corrected chi connectivity index (χ2v) is 3.92. The van der Waals surface area contributed by atoms with E-state index in [-0.39, 0.29) is 18.4 Å². The quantitative estimate of drug-likeness (QED) is 0.649. The fraction of sp³-hybridized carbons (Fsp3) is 1.00. The molecule has 0 spiro atoms. The number of ether oxygens (including phenoxy) is 1. The normalized spacial score (nSPS) is 15.2. The van der Waals surface area contributed by atoms with Crippen molar-refractivity contribution in [1.29, 1.82) is 0 Å². The fourth-order valence-corrected chi connectivity index (χ4v) is 1.30. The highest BCUT2D eigenvalue weighted by Gasteiger charge is 2.25. The minimum Gasteiger partial charge on any atom is -0.395 e. The van der Waals surface area contributed by atoms with E-state index in [0.29, 0.717) is 6.54 Å².